The Hall–Kier alpha value is -0.340. The van der Waals surface area contributed by atoms with Crippen LogP contribution in [-0.2, 0) is 6.42 Å². The molecule has 2 heteroatoms. The SMILES string of the molecule is CNCC1CCC1CCc1cccs1. The Morgan fingerprint density at radius 1 is 1.43 bits per heavy atom. The molecule has 0 aromatic carbocycles. The summed E-state index contributed by atoms with van der Waals surface area (Å²) < 4.78 is 0. The lowest BCUT2D eigenvalue weighted by Gasteiger charge is -2.36. The first kappa shape index (κ1) is 10.2. The van der Waals surface area contributed by atoms with Crippen molar-refractivity contribution in [1.29, 1.82) is 0 Å². The predicted octanol–water partition coefficient (Wildman–Crippen LogP) is 2.93. The summed E-state index contributed by atoms with van der Waals surface area (Å²) >= 11 is 1.90. The van der Waals surface area contributed by atoms with Gasteiger partial charge in [-0.15, -0.1) is 11.3 Å². The fraction of sp³-hybridized carbons (Fsp3) is 0.667. The van der Waals surface area contributed by atoms with Crippen LogP contribution in [0, 0.1) is 11.8 Å². The molecule has 0 radical (unpaired) electrons. The van der Waals surface area contributed by atoms with Crippen molar-refractivity contribution in [2.45, 2.75) is 25.7 Å². The van der Waals surface area contributed by atoms with Crippen molar-refractivity contribution in [1.82, 2.24) is 5.32 Å². The zero-order chi connectivity index (χ0) is 9.80. The summed E-state index contributed by atoms with van der Waals surface area (Å²) in [7, 11) is 2.06. The van der Waals surface area contributed by atoms with Crippen LogP contribution in [-0.4, -0.2) is 13.6 Å². The fourth-order valence-electron chi connectivity index (χ4n) is 2.33. The summed E-state index contributed by atoms with van der Waals surface area (Å²) in [5.41, 5.74) is 0. The highest BCUT2D eigenvalue weighted by atomic mass is 32.1. The van der Waals surface area contributed by atoms with E-state index >= 15 is 0 Å². The van der Waals surface area contributed by atoms with Gasteiger partial charge in [0.1, 0.15) is 0 Å². The Balaban J connectivity index is 1.71. The first-order valence-corrected chi connectivity index (χ1v) is 6.45. The largest absolute Gasteiger partial charge is 0.319 e. The molecule has 1 aromatic rings. The van der Waals surface area contributed by atoms with Crippen molar-refractivity contribution in [3.05, 3.63) is 22.4 Å². The standard InChI is InChI=1S/C12H19NS/c1-13-9-11-5-4-10(11)6-7-12-3-2-8-14-12/h2-3,8,10-11,13H,4-7,9H2,1H3. The highest BCUT2D eigenvalue weighted by Gasteiger charge is 2.29. The summed E-state index contributed by atoms with van der Waals surface area (Å²) in [6.45, 7) is 1.22. The molecule has 1 aliphatic rings. The van der Waals surface area contributed by atoms with Gasteiger partial charge in [-0.05, 0) is 62.6 Å². The minimum atomic E-state index is 0.958. The van der Waals surface area contributed by atoms with Crippen LogP contribution in [0.15, 0.2) is 17.5 Å². The quantitative estimate of drug-likeness (QED) is 0.786. The number of hydrogen-bond acceptors (Lipinski definition) is 2. The van der Waals surface area contributed by atoms with Crippen molar-refractivity contribution in [2.75, 3.05) is 13.6 Å². The third-order valence-corrected chi connectivity index (χ3v) is 4.32. The summed E-state index contributed by atoms with van der Waals surface area (Å²) in [5, 5.41) is 5.48. The van der Waals surface area contributed by atoms with Crippen LogP contribution < -0.4 is 5.32 Å². The van der Waals surface area contributed by atoms with Crippen molar-refractivity contribution in [2.24, 2.45) is 11.8 Å². The number of nitrogens with one attached hydrogen (secondary N) is 1. The average molecular weight is 209 g/mol. The monoisotopic (exact) mass is 209 g/mol. The highest BCUT2D eigenvalue weighted by molar-refractivity contribution is 7.09. The molecule has 1 aliphatic carbocycles. The minimum absolute atomic E-state index is 0.958. The summed E-state index contributed by atoms with van der Waals surface area (Å²) in [4.78, 5) is 1.56. The molecule has 1 fully saturated rings. The van der Waals surface area contributed by atoms with Gasteiger partial charge in [0.05, 0.1) is 0 Å². The Labute approximate surface area is 90.5 Å². The second-order valence-electron chi connectivity index (χ2n) is 4.27. The number of rotatable bonds is 5. The van der Waals surface area contributed by atoms with Crippen LogP contribution >= 0.6 is 11.3 Å². The Bertz CT molecular complexity index is 255. The second-order valence-corrected chi connectivity index (χ2v) is 5.31. The van der Waals surface area contributed by atoms with Crippen molar-refractivity contribution < 1.29 is 0 Å². The zero-order valence-corrected chi connectivity index (χ0v) is 9.65. The van der Waals surface area contributed by atoms with Crippen LogP contribution in [0.2, 0.25) is 0 Å². The Morgan fingerprint density at radius 3 is 2.86 bits per heavy atom. The molecule has 0 spiro atoms. The molecular formula is C12H19NS. The van der Waals surface area contributed by atoms with Crippen LogP contribution in [0.25, 0.3) is 0 Å². The van der Waals surface area contributed by atoms with E-state index in [2.05, 4.69) is 29.9 Å². The van der Waals surface area contributed by atoms with Crippen molar-refractivity contribution in [3.8, 4) is 0 Å². The van der Waals surface area contributed by atoms with Gasteiger partial charge in [-0.25, -0.2) is 0 Å². The third kappa shape index (κ3) is 2.37. The van der Waals surface area contributed by atoms with Crippen molar-refractivity contribution >= 4 is 11.3 Å². The Kier molecular flexibility index (Phi) is 3.60. The molecule has 14 heavy (non-hydrogen) atoms. The van der Waals surface area contributed by atoms with E-state index in [9.17, 15) is 0 Å². The topological polar surface area (TPSA) is 12.0 Å². The predicted molar refractivity (Wildman–Crippen MR) is 62.8 cm³/mol. The van der Waals surface area contributed by atoms with Gasteiger partial charge in [-0.3, -0.25) is 0 Å². The lowest BCUT2D eigenvalue weighted by molar-refractivity contribution is 0.163. The van der Waals surface area contributed by atoms with Crippen molar-refractivity contribution in [3.63, 3.8) is 0 Å². The molecule has 2 rings (SSSR count). The maximum Gasteiger partial charge on any atom is 0.00453 e. The summed E-state index contributed by atoms with van der Waals surface area (Å²) in [5.74, 6) is 1.95. The fourth-order valence-corrected chi connectivity index (χ4v) is 3.06. The summed E-state index contributed by atoms with van der Waals surface area (Å²) in [6, 6.07) is 4.42. The average Bonchev–Trinajstić information content (AvgIpc) is 2.65. The molecule has 0 amide bonds. The molecule has 0 saturated heterocycles. The molecule has 0 aliphatic heterocycles. The maximum absolute atomic E-state index is 3.30. The van der Waals surface area contributed by atoms with E-state index in [1.807, 2.05) is 11.3 Å². The molecular weight excluding hydrogens is 190 g/mol. The van der Waals surface area contributed by atoms with Gasteiger partial charge in [-0.2, -0.15) is 0 Å². The smallest absolute Gasteiger partial charge is 0.00453 e. The normalized spacial score (nSPS) is 26.1. The lowest BCUT2D eigenvalue weighted by Crippen LogP contribution is -2.34. The third-order valence-electron chi connectivity index (χ3n) is 3.38. The van der Waals surface area contributed by atoms with E-state index < -0.39 is 0 Å². The van der Waals surface area contributed by atoms with Crippen LogP contribution in [0.4, 0.5) is 0 Å². The molecule has 1 nitrogen and oxygen atoms in total. The van der Waals surface area contributed by atoms with Crippen LogP contribution in [0.3, 0.4) is 0 Å². The van der Waals surface area contributed by atoms with Gasteiger partial charge in [0.15, 0.2) is 0 Å². The maximum atomic E-state index is 3.30. The number of hydrogen-bond donors (Lipinski definition) is 1. The van der Waals surface area contributed by atoms with Gasteiger partial charge in [0.2, 0.25) is 0 Å². The molecule has 2 unspecified atom stereocenters. The van der Waals surface area contributed by atoms with E-state index in [-0.39, 0.29) is 0 Å². The molecule has 1 heterocycles. The minimum Gasteiger partial charge on any atom is -0.319 e. The first-order chi connectivity index (χ1) is 6.90. The van der Waals surface area contributed by atoms with Gasteiger partial charge in [0, 0.05) is 4.88 Å². The van der Waals surface area contributed by atoms with Gasteiger partial charge in [-0.1, -0.05) is 6.07 Å². The van der Waals surface area contributed by atoms with E-state index in [1.54, 1.807) is 4.88 Å². The van der Waals surface area contributed by atoms with Gasteiger partial charge in [0.25, 0.3) is 0 Å². The van der Waals surface area contributed by atoms with E-state index in [0.29, 0.717) is 0 Å². The molecule has 2 atom stereocenters. The molecule has 1 saturated carbocycles. The van der Waals surface area contributed by atoms with E-state index in [4.69, 9.17) is 0 Å². The van der Waals surface area contributed by atoms with Gasteiger partial charge < -0.3 is 5.32 Å². The van der Waals surface area contributed by atoms with E-state index in [0.717, 1.165) is 11.8 Å². The first-order valence-electron chi connectivity index (χ1n) is 5.57. The molecule has 1 aromatic heterocycles. The molecule has 0 bridgehead atoms. The lowest BCUT2D eigenvalue weighted by atomic mass is 9.71. The number of aryl methyl sites for hydroxylation is 1. The highest BCUT2D eigenvalue weighted by Crippen LogP contribution is 2.37. The van der Waals surface area contributed by atoms with Gasteiger partial charge >= 0.3 is 0 Å². The van der Waals surface area contributed by atoms with E-state index in [1.165, 1.54) is 32.2 Å². The Morgan fingerprint density at radius 2 is 2.29 bits per heavy atom. The van der Waals surface area contributed by atoms with Crippen LogP contribution in [0.5, 0.6) is 0 Å². The molecule has 78 valence electrons. The molecule has 1 N–H and O–H groups in total. The zero-order valence-electron chi connectivity index (χ0n) is 8.83. The summed E-state index contributed by atoms with van der Waals surface area (Å²) in [6.07, 6.45) is 5.59. The van der Waals surface area contributed by atoms with Crippen LogP contribution in [0.1, 0.15) is 24.1 Å². The number of thiophene rings is 1. The second kappa shape index (κ2) is 4.94.